The number of nitrogens with zero attached hydrogens (tertiary/aromatic N) is 3. The standard InChI is InChI=1S/C23H19ClN4O2S/c1-15-20(31-23(28-15)17-9-5-6-10-18(17)24)12-25-22(29)19-11-21(27-14-26-19)30-13-16-7-3-2-4-8-16/h2-11,14H,12-13H2,1H3,(H,25,29). The quantitative estimate of drug-likeness (QED) is 0.425. The summed E-state index contributed by atoms with van der Waals surface area (Å²) >= 11 is 7.78. The molecule has 31 heavy (non-hydrogen) atoms. The van der Waals surface area contributed by atoms with Crippen LogP contribution in [-0.2, 0) is 13.2 Å². The maximum atomic E-state index is 12.6. The first kappa shape index (κ1) is 21.0. The van der Waals surface area contributed by atoms with Crippen LogP contribution in [-0.4, -0.2) is 20.9 Å². The Morgan fingerprint density at radius 1 is 1.10 bits per heavy atom. The van der Waals surface area contributed by atoms with E-state index in [4.69, 9.17) is 16.3 Å². The second-order valence-electron chi connectivity index (χ2n) is 6.71. The number of halogens is 1. The Morgan fingerprint density at radius 2 is 1.87 bits per heavy atom. The third kappa shape index (κ3) is 5.25. The van der Waals surface area contributed by atoms with Gasteiger partial charge in [0.25, 0.3) is 5.91 Å². The molecule has 0 fully saturated rings. The van der Waals surface area contributed by atoms with E-state index < -0.39 is 0 Å². The Balaban J connectivity index is 1.40. The number of nitrogens with one attached hydrogen (secondary N) is 1. The van der Waals surface area contributed by atoms with Crippen LogP contribution in [0.15, 0.2) is 67.0 Å². The molecule has 4 aromatic rings. The minimum absolute atomic E-state index is 0.242. The summed E-state index contributed by atoms with van der Waals surface area (Å²) in [4.78, 5) is 26.3. The fourth-order valence-electron chi connectivity index (χ4n) is 2.87. The maximum Gasteiger partial charge on any atom is 0.270 e. The molecule has 2 aromatic carbocycles. The molecule has 156 valence electrons. The lowest BCUT2D eigenvalue weighted by atomic mass is 10.2. The Labute approximate surface area is 188 Å². The highest BCUT2D eigenvalue weighted by molar-refractivity contribution is 7.15. The fraction of sp³-hybridized carbons (Fsp3) is 0.130. The van der Waals surface area contributed by atoms with Crippen LogP contribution < -0.4 is 10.1 Å². The molecule has 0 atom stereocenters. The largest absolute Gasteiger partial charge is 0.473 e. The highest BCUT2D eigenvalue weighted by atomic mass is 35.5. The minimum atomic E-state index is -0.306. The number of aryl methyl sites for hydroxylation is 1. The molecule has 0 bridgehead atoms. The number of carbonyl (C=O) groups excluding carboxylic acids is 1. The van der Waals surface area contributed by atoms with Crippen molar-refractivity contribution in [2.75, 3.05) is 0 Å². The zero-order valence-electron chi connectivity index (χ0n) is 16.7. The Kier molecular flexibility index (Phi) is 6.54. The summed E-state index contributed by atoms with van der Waals surface area (Å²) in [6.45, 7) is 2.62. The molecule has 8 heteroatoms. The fourth-order valence-corrected chi connectivity index (χ4v) is 4.19. The topological polar surface area (TPSA) is 77.0 Å². The minimum Gasteiger partial charge on any atom is -0.473 e. The van der Waals surface area contributed by atoms with Crippen molar-refractivity contribution in [2.45, 2.75) is 20.1 Å². The van der Waals surface area contributed by atoms with Gasteiger partial charge in [0.2, 0.25) is 5.88 Å². The molecule has 0 aliphatic rings. The molecule has 6 nitrogen and oxygen atoms in total. The molecule has 2 heterocycles. The number of rotatable bonds is 7. The van der Waals surface area contributed by atoms with E-state index in [1.54, 1.807) is 0 Å². The molecule has 0 unspecified atom stereocenters. The van der Waals surface area contributed by atoms with E-state index in [9.17, 15) is 4.79 Å². The Morgan fingerprint density at radius 3 is 2.68 bits per heavy atom. The molecule has 0 saturated heterocycles. The summed E-state index contributed by atoms with van der Waals surface area (Å²) in [6, 6.07) is 18.9. The number of hydrogen-bond acceptors (Lipinski definition) is 6. The summed E-state index contributed by atoms with van der Waals surface area (Å²) in [7, 11) is 0. The number of benzene rings is 2. The smallest absolute Gasteiger partial charge is 0.270 e. The summed E-state index contributed by atoms with van der Waals surface area (Å²) in [6.07, 6.45) is 1.32. The molecule has 0 saturated carbocycles. The van der Waals surface area contributed by atoms with Gasteiger partial charge in [-0.25, -0.2) is 15.0 Å². The molecule has 2 aromatic heterocycles. The lowest BCUT2D eigenvalue weighted by Gasteiger charge is -2.07. The number of carbonyl (C=O) groups is 1. The second kappa shape index (κ2) is 9.68. The van der Waals surface area contributed by atoms with E-state index in [0.717, 1.165) is 26.7 Å². The summed E-state index contributed by atoms with van der Waals surface area (Å²) in [5, 5.41) is 4.36. The third-order valence-electron chi connectivity index (χ3n) is 4.51. The van der Waals surface area contributed by atoms with E-state index in [-0.39, 0.29) is 11.6 Å². The molecule has 4 rings (SSSR count). The summed E-state index contributed by atoms with van der Waals surface area (Å²) < 4.78 is 5.68. The van der Waals surface area contributed by atoms with Crippen molar-refractivity contribution in [3.63, 3.8) is 0 Å². The van der Waals surface area contributed by atoms with Crippen LogP contribution in [0, 0.1) is 6.92 Å². The Hall–Kier alpha value is -3.29. The van der Waals surface area contributed by atoms with E-state index in [2.05, 4.69) is 20.3 Å². The molecular weight excluding hydrogens is 432 g/mol. The predicted octanol–water partition coefficient (Wildman–Crippen LogP) is 5.07. The van der Waals surface area contributed by atoms with Crippen molar-refractivity contribution in [3.8, 4) is 16.5 Å². The van der Waals surface area contributed by atoms with Gasteiger partial charge in [-0.3, -0.25) is 4.79 Å². The van der Waals surface area contributed by atoms with Crippen LogP contribution in [0.2, 0.25) is 5.02 Å². The number of hydrogen-bond donors (Lipinski definition) is 1. The van der Waals surface area contributed by atoms with E-state index in [1.807, 2.05) is 61.5 Å². The zero-order chi connectivity index (χ0) is 21.6. The van der Waals surface area contributed by atoms with Crippen molar-refractivity contribution in [1.82, 2.24) is 20.3 Å². The zero-order valence-corrected chi connectivity index (χ0v) is 18.3. The molecule has 0 aliphatic heterocycles. The van der Waals surface area contributed by atoms with Gasteiger partial charge in [0.05, 0.1) is 17.3 Å². The van der Waals surface area contributed by atoms with Gasteiger partial charge < -0.3 is 10.1 Å². The van der Waals surface area contributed by atoms with Gasteiger partial charge in [-0.1, -0.05) is 60.1 Å². The van der Waals surface area contributed by atoms with Crippen molar-refractivity contribution < 1.29 is 9.53 Å². The molecule has 0 radical (unpaired) electrons. The Bertz CT molecular complexity index is 1200. The van der Waals surface area contributed by atoms with E-state index in [0.29, 0.717) is 24.1 Å². The number of amides is 1. The summed E-state index contributed by atoms with van der Waals surface area (Å²) in [5.41, 5.74) is 2.99. The van der Waals surface area contributed by atoms with E-state index in [1.165, 1.54) is 23.7 Å². The average molecular weight is 451 g/mol. The van der Waals surface area contributed by atoms with Crippen LogP contribution in [0.3, 0.4) is 0 Å². The lowest BCUT2D eigenvalue weighted by molar-refractivity contribution is 0.0945. The van der Waals surface area contributed by atoms with Crippen LogP contribution in [0.25, 0.3) is 10.6 Å². The van der Waals surface area contributed by atoms with Gasteiger partial charge in [-0.15, -0.1) is 11.3 Å². The van der Waals surface area contributed by atoms with Crippen molar-refractivity contribution in [2.24, 2.45) is 0 Å². The average Bonchev–Trinajstić information content (AvgIpc) is 3.17. The molecular formula is C23H19ClN4O2S. The van der Waals surface area contributed by atoms with Crippen molar-refractivity contribution >= 4 is 28.8 Å². The van der Waals surface area contributed by atoms with Crippen LogP contribution in [0.4, 0.5) is 0 Å². The lowest BCUT2D eigenvalue weighted by Crippen LogP contribution is -2.23. The van der Waals surface area contributed by atoms with Gasteiger partial charge in [0, 0.05) is 16.5 Å². The van der Waals surface area contributed by atoms with Gasteiger partial charge in [0.15, 0.2) is 0 Å². The maximum absolute atomic E-state index is 12.6. The molecule has 0 aliphatic carbocycles. The van der Waals surface area contributed by atoms with Crippen LogP contribution in [0.1, 0.15) is 26.6 Å². The van der Waals surface area contributed by atoms with Gasteiger partial charge >= 0.3 is 0 Å². The van der Waals surface area contributed by atoms with Crippen molar-refractivity contribution in [3.05, 3.63) is 93.8 Å². The monoisotopic (exact) mass is 450 g/mol. The first-order valence-corrected chi connectivity index (χ1v) is 10.8. The van der Waals surface area contributed by atoms with Crippen LogP contribution in [0.5, 0.6) is 5.88 Å². The highest BCUT2D eigenvalue weighted by Crippen LogP contribution is 2.32. The van der Waals surface area contributed by atoms with Crippen molar-refractivity contribution in [1.29, 1.82) is 0 Å². The first-order chi connectivity index (χ1) is 15.1. The number of aromatic nitrogens is 3. The highest BCUT2D eigenvalue weighted by Gasteiger charge is 2.14. The van der Waals surface area contributed by atoms with Crippen LogP contribution >= 0.6 is 22.9 Å². The first-order valence-electron chi connectivity index (χ1n) is 9.58. The number of ether oxygens (including phenoxy) is 1. The second-order valence-corrected chi connectivity index (χ2v) is 8.20. The van der Waals surface area contributed by atoms with Gasteiger partial charge in [0.1, 0.15) is 23.6 Å². The third-order valence-corrected chi connectivity index (χ3v) is 6.03. The van der Waals surface area contributed by atoms with Gasteiger partial charge in [-0.2, -0.15) is 0 Å². The molecule has 1 amide bonds. The predicted molar refractivity (Wildman–Crippen MR) is 121 cm³/mol. The molecule has 0 spiro atoms. The van der Waals surface area contributed by atoms with E-state index >= 15 is 0 Å². The summed E-state index contributed by atoms with van der Waals surface area (Å²) in [5.74, 6) is 0.0398. The molecule has 1 N–H and O–H groups in total. The number of thiazole rings is 1. The normalized spacial score (nSPS) is 10.6. The SMILES string of the molecule is Cc1nc(-c2ccccc2Cl)sc1CNC(=O)c1cc(OCc2ccccc2)ncn1. The van der Waals surface area contributed by atoms with Gasteiger partial charge in [-0.05, 0) is 18.6 Å².